The first kappa shape index (κ1) is 17.0. The SMILES string of the molecule is CCC(CNC(=O)C1(COC)CCNCC1)c1ccccc1. The number of carbonyl (C=O) groups excluding carboxylic acids is 1. The third-order valence-electron chi connectivity index (χ3n) is 4.74. The molecule has 1 aromatic rings. The fourth-order valence-corrected chi connectivity index (χ4v) is 3.25. The van der Waals surface area contributed by atoms with Gasteiger partial charge in [-0.25, -0.2) is 0 Å². The van der Waals surface area contributed by atoms with E-state index in [9.17, 15) is 4.79 Å². The van der Waals surface area contributed by atoms with E-state index in [0.717, 1.165) is 32.4 Å². The summed E-state index contributed by atoms with van der Waals surface area (Å²) in [6.07, 6.45) is 2.70. The number of hydrogen-bond donors (Lipinski definition) is 2. The van der Waals surface area contributed by atoms with Gasteiger partial charge in [-0.3, -0.25) is 4.79 Å². The standard InChI is InChI=1S/C18H28N2O2/c1-3-15(16-7-5-4-6-8-16)13-20-17(21)18(14-22-2)9-11-19-12-10-18/h4-8,15,19H,3,9-14H2,1-2H3,(H,20,21). The zero-order valence-corrected chi connectivity index (χ0v) is 13.7. The second-order valence-corrected chi connectivity index (χ2v) is 6.19. The van der Waals surface area contributed by atoms with E-state index >= 15 is 0 Å². The van der Waals surface area contributed by atoms with Gasteiger partial charge >= 0.3 is 0 Å². The first-order valence-corrected chi connectivity index (χ1v) is 8.25. The lowest BCUT2D eigenvalue weighted by Gasteiger charge is -2.36. The molecular formula is C18H28N2O2. The Morgan fingerprint density at radius 1 is 1.32 bits per heavy atom. The molecule has 22 heavy (non-hydrogen) atoms. The summed E-state index contributed by atoms with van der Waals surface area (Å²) in [5.41, 5.74) is 0.922. The van der Waals surface area contributed by atoms with Crippen LogP contribution in [0.3, 0.4) is 0 Å². The van der Waals surface area contributed by atoms with Gasteiger partial charge in [-0.2, -0.15) is 0 Å². The molecule has 1 fully saturated rings. The quantitative estimate of drug-likeness (QED) is 0.813. The number of carbonyl (C=O) groups is 1. The zero-order valence-electron chi connectivity index (χ0n) is 13.7. The van der Waals surface area contributed by atoms with Crippen LogP contribution in [0.25, 0.3) is 0 Å². The molecule has 1 aliphatic heterocycles. The van der Waals surface area contributed by atoms with Crippen molar-refractivity contribution < 1.29 is 9.53 Å². The van der Waals surface area contributed by atoms with E-state index in [1.807, 2.05) is 6.07 Å². The van der Waals surface area contributed by atoms with E-state index in [0.29, 0.717) is 19.1 Å². The van der Waals surface area contributed by atoms with Crippen molar-refractivity contribution in [3.05, 3.63) is 35.9 Å². The van der Waals surface area contributed by atoms with E-state index in [-0.39, 0.29) is 11.3 Å². The first-order valence-electron chi connectivity index (χ1n) is 8.25. The van der Waals surface area contributed by atoms with Crippen molar-refractivity contribution in [2.24, 2.45) is 5.41 Å². The van der Waals surface area contributed by atoms with Crippen LogP contribution < -0.4 is 10.6 Å². The molecule has 4 heteroatoms. The van der Waals surface area contributed by atoms with Gasteiger partial charge in [0.05, 0.1) is 12.0 Å². The van der Waals surface area contributed by atoms with Gasteiger partial charge in [0.25, 0.3) is 0 Å². The number of benzene rings is 1. The fraction of sp³-hybridized carbons (Fsp3) is 0.611. The number of ether oxygens (including phenoxy) is 1. The molecule has 2 N–H and O–H groups in total. The average Bonchev–Trinajstić information content (AvgIpc) is 2.57. The van der Waals surface area contributed by atoms with Crippen molar-refractivity contribution in [3.8, 4) is 0 Å². The molecule has 0 aliphatic carbocycles. The van der Waals surface area contributed by atoms with Crippen LogP contribution in [0.5, 0.6) is 0 Å². The molecule has 122 valence electrons. The Hall–Kier alpha value is -1.39. The van der Waals surface area contributed by atoms with Crippen molar-refractivity contribution in [1.82, 2.24) is 10.6 Å². The van der Waals surface area contributed by atoms with Crippen LogP contribution in [0, 0.1) is 5.41 Å². The van der Waals surface area contributed by atoms with Crippen LogP contribution in [0.1, 0.15) is 37.7 Å². The van der Waals surface area contributed by atoms with Gasteiger partial charge in [-0.15, -0.1) is 0 Å². The highest BCUT2D eigenvalue weighted by atomic mass is 16.5. The topological polar surface area (TPSA) is 50.4 Å². The largest absolute Gasteiger partial charge is 0.384 e. The fourth-order valence-electron chi connectivity index (χ4n) is 3.25. The summed E-state index contributed by atoms with van der Waals surface area (Å²) in [7, 11) is 1.68. The van der Waals surface area contributed by atoms with Crippen LogP contribution in [0.4, 0.5) is 0 Å². The summed E-state index contributed by atoms with van der Waals surface area (Å²) in [6.45, 7) is 5.12. The van der Waals surface area contributed by atoms with E-state index in [1.165, 1.54) is 5.56 Å². The molecule has 0 spiro atoms. The lowest BCUT2D eigenvalue weighted by atomic mass is 9.78. The summed E-state index contributed by atoms with van der Waals surface area (Å²) < 4.78 is 5.33. The van der Waals surface area contributed by atoms with Gasteiger partial charge in [0.2, 0.25) is 5.91 Å². The van der Waals surface area contributed by atoms with Crippen molar-refractivity contribution >= 4 is 5.91 Å². The van der Waals surface area contributed by atoms with Crippen LogP contribution in [0.15, 0.2) is 30.3 Å². The van der Waals surface area contributed by atoms with Crippen molar-refractivity contribution in [1.29, 1.82) is 0 Å². The summed E-state index contributed by atoms with van der Waals surface area (Å²) in [5.74, 6) is 0.511. The third kappa shape index (κ3) is 4.08. The minimum atomic E-state index is -0.366. The Kier molecular flexibility index (Phi) is 6.40. The predicted octanol–water partition coefficient (Wildman–Crippen LogP) is 2.31. The molecule has 0 radical (unpaired) electrons. The Balaban J connectivity index is 1.97. The van der Waals surface area contributed by atoms with Crippen LogP contribution >= 0.6 is 0 Å². The number of nitrogens with one attached hydrogen (secondary N) is 2. The van der Waals surface area contributed by atoms with Crippen LogP contribution in [-0.2, 0) is 9.53 Å². The molecule has 1 unspecified atom stereocenters. The van der Waals surface area contributed by atoms with Crippen molar-refractivity contribution in [2.45, 2.75) is 32.1 Å². The molecule has 4 nitrogen and oxygen atoms in total. The van der Waals surface area contributed by atoms with E-state index in [2.05, 4.69) is 41.8 Å². The van der Waals surface area contributed by atoms with E-state index < -0.39 is 0 Å². The molecule has 1 atom stereocenters. The van der Waals surface area contributed by atoms with Gasteiger partial charge in [0, 0.05) is 19.6 Å². The van der Waals surface area contributed by atoms with Gasteiger partial charge in [0.15, 0.2) is 0 Å². The maximum atomic E-state index is 12.7. The van der Waals surface area contributed by atoms with E-state index in [4.69, 9.17) is 4.74 Å². The Bertz CT molecular complexity index is 450. The lowest BCUT2D eigenvalue weighted by molar-refractivity contribution is -0.136. The minimum absolute atomic E-state index is 0.144. The molecular weight excluding hydrogens is 276 g/mol. The molecule has 2 rings (SSSR count). The smallest absolute Gasteiger partial charge is 0.228 e. The van der Waals surface area contributed by atoms with Gasteiger partial charge in [0.1, 0.15) is 0 Å². The zero-order chi connectivity index (χ0) is 15.8. The number of rotatable bonds is 7. The monoisotopic (exact) mass is 304 g/mol. The number of piperidine rings is 1. The third-order valence-corrected chi connectivity index (χ3v) is 4.74. The molecule has 1 amide bonds. The lowest BCUT2D eigenvalue weighted by Crippen LogP contribution is -2.50. The molecule has 0 saturated carbocycles. The van der Waals surface area contributed by atoms with Gasteiger partial charge in [-0.05, 0) is 37.9 Å². The second-order valence-electron chi connectivity index (χ2n) is 6.19. The van der Waals surface area contributed by atoms with E-state index in [1.54, 1.807) is 7.11 Å². The molecule has 0 aromatic heterocycles. The maximum Gasteiger partial charge on any atom is 0.228 e. The summed E-state index contributed by atoms with van der Waals surface area (Å²) in [5, 5.41) is 6.50. The Morgan fingerprint density at radius 2 is 2.00 bits per heavy atom. The van der Waals surface area contributed by atoms with Crippen LogP contribution in [0.2, 0.25) is 0 Å². The summed E-state index contributed by atoms with van der Waals surface area (Å²) in [4.78, 5) is 12.7. The molecule has 1 aromatic carbocycles. The molecule has 1 aliphatic rings. The minimum Gasteiger partial charge on any atom is -0.384 e. The molecule has 0 bridgehead atoms. The van der Waals surface area contributed by atoms with Crippen LogP contribution in [-0.4, -0.2) is 39.3 Å². The second kappa shape index (κ2) is 8.30. The molecule has 1 heterocycles. The highest BCUT2D eigenvalue weighted by Crippen LogP contribution is 2.30. The number of hydrogen-bond acceptors (Lipinski definition) is 3. The van der Waals surface area contributed by atoms with Crippen molar-refractivity contribution in [3.63, 3.8) is 0 Å². The highest BCUT2D eigenvalue weighted by molar-refractivity contribution is 5.83. The van der Waals surface area contributed by atoms with Gasteiger partial charge < -0.3 is 15.4 Å². The predicted molar refractivity (Wildman–Crippen MR) is 88.9 cm³/mol. The summed E-state index contributed by atoms with van der Waals surface area (Å²) >= 11 is 0. The maximum absolute atomic E-state index is 12.7. The summed E-state index contributed by atoms with van der Waals surface area (Å²) in [6, 6.07) is 10.4. The highest BCUT2D eigenvalue weighted by Gasteiger charge is 2.39. The first-order chi connectivity index (χ1) is 10.7. The number of amides is 1. The normalized spacial score (nSPS) is 18.6. The average molecular weight is 304 g/mol. The number of methoxy groups -OCH3 is 1. The Labute approximate surface area is 133 Å². The Morgan fingerprint density at radius 3 is 2.59 bits per heavy atom. The van der Waals surface area contributed by atoms with Gasteiger partial charge in [-0.1, -0.05) is 37.3 Å². The molecule has 1 saturated heterocycles. The van der Waals surface area contributed by atoms with Crippen molar-refractivity contribution in [2.75, 3.05) is 33.4 Å².